The van der Waals surface area contributed by atoms with Crippen molar-refractivity contribution in [3.05, 3.63) is 0 Å². The lowest BCUT2D eigenvalue weighted by atomic mass is 10.4. The number of nitrogens with zero attached hydrogens (tertiary/aromatic N) is 1. The number of nitriles is 1. The highest BCUT2D eigenvalue weighted by Crippen LogP contribution is 1.76. The van der Waals surface area contributed by atoms with Gasteiger partial charge in [-0.3, -0.25) is 0 Å². The number of nitrogens with one attached hydrogen (secondary N) is 1. The SMILES string of the molecule is CC(C)NCCC#N.Cl. The van der Waals surface area contributed by atoms with Gasteiger partial charge in [-0.1, -0.05) is 13.8 Å². The van der Waals surface area contributed by atoms with E-state index in [2.05, 4.69) is 25.2 Å². The van der Waals surface area contributed by atoms with Gasteiger partial charge in [0, 0.05) is 19.0 Å². The van der Waals surface area contributed by atoms with E-state index in [1.807, 2.05) is 0 Å². The lowest BCUT2D eigenvalue weighted by Crippen LogP contribution is -2.23. The molecule has 54 valence electrons. The molecule has 0 spiro atoms. The standard InChI is InChI=1S/C6H12N2.ClH/c1-6(2)8-5-3-4-7;/h6,8H,3,5H2,1-2H3;1H. The van der Waals surface area contributed by atoms with Crippen molar-refractivity contribution >= 4 is 12.4 Å². The molecule has 2 nitrogen and oxygen atoms in total. The Morgan fingerprint density at radius 2 is 2.11 bits per heavy atom. The molecule has 0 heterocycles. The van der Waals surface area contributed by atoms with Gasteiger partial charge in [0.1, 0.15) is 0 Å². The molecule has 0 atom stereocenters. The Morgan fingerprint density at radius 1 is 1.56 bits per heavy atom. The van der Waals surface area contributed by atoms with Gasteiger partial charge in [-0.25, -0.2) is 0 Å². The second-order valence-corrected chi connectivity index (χ2v) is 2.02. The fraction of sp³-hybridized carbons (Fsp3) is 0.833. The maximum absolute atomic E-state index is 8.09. The van der Waals surface area contributed by atoms with E-state index in [4.69, 9.17) is 5.26 Å². The molecule has 0 aromatic heterocycles. The Hall–Kier alpha value is -0.260. The summed E-state index contributed by atoms with van der Waals surface area (Å²) in [5, 5.41) is 11.2. The van der Waals surface area contributed by atoms with Crippen molar-refractivity contribution in [3.8, 4) is 6.07 Å². The summed E-state index contributed by atoms with van der Waals surface area (Å²) in [5.41, 5.74) is 0. The van der Waals surface area contributed by atoms with E-state index < -0.39 is 0 Å². The Balaban J connectivity index is 0. The second-order valence-electron chi connectivity index (χ2n) is 2.02. The predicted octanol–water partition coefficient (Wildman–Crippen LogP) is 1.32. The smallest absolute Gasteiger partial charge is 0.0635 e. The summed E-state index contributed by atoms with van der Waals surface area (Å²) in [6, 6.07) is 2.56. The molecular formula is C6H13ClN2. The minimum absolute atomic E-state index is 0. The summed E-state index contributed by atoms with van der Waals surface area (Å²) in [7, 11) is 0. The average molecular weight is 149 g/mol. The normalized spacial score (nSPS) is 8.22. The molecule has 0 fully saturated rings. The maximum Gasteiger partial charge on any atom is 0.0635 e. The van der Waals surface area contributed by atoms with Gasteiger partial charge in [-0.05, 0) is 0 Å². The van der Waals surface area contributed by atoms with Crippen LogP contribution >= 0.6 is 12.4 Å². The molecule has 3 heteroatoms. The van der Waals surface area contributed by atoms with Gasteiger partial charge in [0.2, 0.25) is 0 Å². The Kier molecular flexibility index (Phi) is 9.91. The van der Waals surface area contributed by atoms with E-state index in [1.165, 1.54) is 0 Å². The predicted molar refractivity (Wildman–Crippen MR) is 40.6 cm³/mol. The first-order valence-corrected chi connectivity index (χ1v) is 2.87. The third kappa shape index (κ3) is 11.4. The van der Waals surface area contributed by atoms with Gasteiger partial charge >= 0.3 is 0 Å². The molecule has 0 aliphatic carbocycles. The van der Waals surface area contributed by atoms with Crippen molar-refractivity contribution in [1.82, 2.24) is 5.32 Å². The number of hydrogen-bond donors (Lipinski definition) is 1. The molecule has 0 rings (SSSR count). The lowest BCUT2D eigenvalue weighted by molar-refractivity contribution is 0.597. The van der Waals surface area contributed by atoms with Gasteiger partial charge in [0.25, 0.3) is 0 Å². The van der Waals surface area contributed by atoms with E-state index >= 15 is 0 Å². The first kappa shape index (κ1) is 11.5. The topological polar surface area (TPSA) is 35.8 Å². The van der Waals surface area contributed by atoms with Crippen molar-refractivity contribution in [2.24, 2.45) is 0 Å². The molecule has 0 saturated heterocycles. The molecular weight excluding hydrogens is 136 g/mol. The van der Waals surface area contributed by atoms with Crippen LogP contribution < -0.4 is 5.32 Å². The first-order chi connectivity index (χ1) is 3.77. The highest BCUT2D eigenvalue weighted by atomic mass is 35.5. The van der Waals surface area contributed by atoms with Crippen molar-refractivity contribution in [2.75, 3.05) is 6.54 Å². The lowest BCUT2D eigenvalue weighted by Gasteiger charge is -2.02. The van der Waals surface area contributed by atoms with Crippen LogP contribution in [-0.4, -0.2) is 12.6 Å². The van der Waals surface area contributed by atoms with Crippen molar-refractivity contribution in [2.45, 2.75) is 26.3 Å². The molecule has 0 unspecified atom stereocenters. The van der Waals surface area contributed by atoms with Gasteiger partial charge < -0.3 is 5.32 Å². The summed E-state index contributed by atoms with van der Waals surface area (Å²) in [5.74, 6) is 0. The Morgan fingerprint density at radius 3 is 2.44 bits per heavy atom. The van der Waals surface area contributed by atoms with Crippen LogP contribution in [0.3, 0.4) is 0 Å². The molecule has 0 radical (unpaired) electrons. The van der Waals surface area contributed by atoms with Gasteiger partial charge in [-0.15, -0.1) is 12.4 Å². The highest BCUT2D eigenvalue weighted by molar-refractivity contribution is 5.85. The van der Waals surface area contributed by atoms with Crippen LogP contribution in [0.2, 0.25) is 0 Å². The maximum atomic E-state index is 8.09. The molecule has 9 heavy (non-hydrogen) atoms. The fourth-order valence-electron chi connectivity index (χ4n) is 0.417. The Labute approximate surface area is 62.7 Å². The third-order valence-corrected chi connectivity index (χ3v) is 0.789. The average Bonchev–Trinajstić information content (AvgIpc) is 1.66. The van der Waals surface area contributed by atoms with E-state index in [1.54, 1.807) is 0 Å². The van der Waals surface area contributed by atoms with E-state index in [0.29, 0.717) is 12.5 Å². The quantitative estimate of drug-likeness (QED) is 0.613. The zero-order chi connectivity index (χ0) is 6.41. The number of hydrogen-bond acceptors (Lipinski definition) is 2. The highest BCUT2D eigenvalue weighted by Gasteiger charge is 1.87. The molecule has 0 bridgehead atoms. The van der Waals surface area contributed by atoms with E-state index in [0.717, 1.165) is 6.54 Å². The summed E-state index contributed by atoms with van der Waals surface area (Å²) in [6.45, 7) is 4.95. The van der Waals surface area contributed by atoms with Crippen LogP contribution in [-0.2, 0) is 0 Å². The molecule has 0 saturated carbocycles. The monoisotopic (exact) mass is 148 g/mol. The van der Waals surface area contributed by atoms with E-state index in [9.17, 15) is 0 Å². The van der Waals surface area contributed by atoms with Crippen molar-refractivity contribution < 1.29 is 0 Å². The minimum Gasteiger partial charge on any atom is -0.314 e. The number of rotatable bonds is 3. The van der Waals surface area contributed by atoms with Crippen LogP contribution in [0, 0.1) is 11.3 Å². The zero-order valence-electron chi connectivity index (χ0n) is 5.85. The van der Waals surface area contributed by atoms with Gasteiger partial charge in [0.15, 0.2) is 0 Å². The van der Waals surface area contributed by atoms with E-state index in [-0.39, 0.29) is 12.4 Å². The van der Waals surface area contributed by atoms with Crippen molar-refractivity contribution in [3.63, 3.8) is 0 Å². The fourth-order valence-corrected chi connectivity index (χ4v) is 0.417. The van der Waals surface area contributed by atoms with Crippen LogP contribution in [0.4, 0.5) is 0 Å². The summed E-state index contributed by atoms with van der Waals surface area (Å²) >= 11 is 0. The second kappa shape index (κ2) is 7.74. The van der Waals surface area contributed by atoms with Crippen LogP contribution in [0.1, 0.15) is 20.3 Å². The van der Waals surface area contributed by atoms with Gasteiger partial charge in [-0.2, -0.15) is 5.26 Å². The van der Waals surface area contributed by atoms with Crippen LogP contribution in [0.15, 0.2) is 0 Å². The number of halogens is 1. The largest absolute Gasteiger partial charge is 0.314 e. The molecule has 0 aromatic carbocycles. The van der Waals surface area contributed by atoms with Gasteiger partial charge in [0.05, 0.1) is 6.07 Å². The summed E-state index contributed by atoms with van der Waals surface area (Å²) < 4.78 is 0. The van der Waals surface area contributed by atoms with Crippen molar-refractivity contribution in [1.29, 1.82) is 5.26 Å². The molecule has 0 aromatic rings. The molecule has 1 N–H and O–H groups in total. The minimum atomic E-state index is 0. The Bertz CT molecular complexity index is 85.5. The zero-order valence-corrected chi connectivity index (χ0v) is 6.66. The van der Waals surface area contributed by atoms with Crippen LogP contribution in [0.25, 0.3) is 0 Å². The molecule has 0 amide bonds. The van der Waals surface area contributed by atoms with Crippen LogP contribution in [0.5, 0.6) is 0 Å². The first-order valence-electron chi connectivity index (χ1n) is 2.87. The molecule has 0 aliphatic rings. The third-order valence-electron chi connectivity index (χ3n) is 0.789. The summed E-state index contributed by atoms with van der Waals surface area (Å²) in [6.07, 6.45) is 0.609. The summed E-state index contributed by atoms with van der Waals surface area (Å²) in [4.78, 5) is 0. The molecule has 0 aliphatic heterocycles.